The third-order valence-corrected chi connectivity index (χ3v) is 5.51. The highest BCUT2D eigenvalue weighted by molar-refractivity contribution is 5.75. The van der Waals surface area contributed by atoms with E-state index >= 15 is 0 Å². The Hall–Kier alpha value is -2.71. The summed E-state index contributed by atoms with van der Waals surface area (Å²) in [6.45, 7) is 6.43. The van der Waals surface area contributed by atoms with Gasteiger partial charge in [-0.25, -0.2) is 4.79 Å². The molecule has 1 saturated heterocycles. The summed E-state index contributed by atoms with van der Waals surface area (Å²) in [6, 6.07) is 17.2. The first kappa shape index (κ1) is 24.9. The molecule has 0 saturated carbocycles. The van der Waals surface area contributed by atoms with E-state index in [-0.39, 0.29) is 12.7 Å². The number of esters is 1. The van der Waals surface area contributed by atoms with Crippen LogP contribution in [0.15, 0.2) is 67.3 Å². The molecule has 0 amide bonds. The molecular formula is C26H32O7. The van der Waals surface area contributed by atoms with Gasteiger partial charge < -0.3 is 28.8 Å². The molecule has 1 heterocycles. The minimum absolute atomic E-state index is 0.183. The number of carbonyl (C=O) groups excluding carboxylic acids is 1. The molecule has 0 radical (unpaired) electrons. The van der Waals surface area contributed by atoms with E-state index in [0.717, 1.165) is 16.9 Å². The predicted molar refractivity (Wildman–Crippen MR) is 123 cm³/mol. The molecule has 1 aliphatic rings. The Balaban J connectivity index is 1.69. The smallest absolute Gasteiger partial charge is 0.335 e. The first-order valence-corrected chi connectivity index (χ1v) is 11.1. The molecule has 0 bridgehead atoms. The average Bonchev–Trinajstić information content (AvgIpc) is 2.85. The fourth-order valence-corrected chi connectivity index (χ4v) is 3.76. The van der Waals surface area contributed by atoms with Crippen LogP contribution in [0.25, 0.3) is 0 Å². The minimum atomic E-state index is -1.37. The molecule has 1 aliphatic heterocycles. The van der Waals surface area contributed by atoms with E-state index in [0.29, 0.717) is 19.6 Å². The first-order valence-electron chi connectivity index (χ1n) is 11.1. The Labute approximate surface area is 194 Å². The molecule has 33 heavy (non-hydrogen) atoms. The zero-order valence-corrected chi connectivity index (χ0v) is 19.1. The average molecular weight is 457 g/mol. The topological polar surface area (TPSA) is 83.5 Å². The van der Waals surface area contributed by atoms with Crippen LogP contribution in [-0.2, 0) is 30.3 Å². The maximum atomic E-state index is 12.2. The van der Waals surface area contributed by atoms with Gasteiger partial charge in [0, 0.05) is 17.9 Å². The van der Waals surface area contributed by atoms with Gasteiger partial charge in [0.2, 0.25) is 0 Å². The first-order chi connectivity index (χ1) is 16.0. The second-order valence-electron chi connectivity index (χ2n) is 7.78. The lowest BCUT2D eigenvalue weighted by Gasteiger charge is -2.39. The van der Waals surface area contributed by atoms with Crippen LogP contribution in [0.2, 0.25) is 0 Å². The number of rotatable bonds is 11. The molecule has 0 aliphatic carbocycles. The van der Waals surface area contributed by atoms with E-state index < -0.39 is 30.4 Å². The number of carbonyl (C=O) groups is 1. The molecule has 2 aromatic carbocycles. The van der Waals surface area contributed by atoms with Gasteiger partial charge in [0.1, 0.15) is 5.75 Å². The molecule has 178 valence electrons. The fraction of sp³-hybridized carbons (Fsp3) is 0.423. The molecule has 1 fully saturated rings. The number of aliphatic hydroxyl groups excluding tert-OH is 1. The quantitative estimate of drug-likeness (QED) is 0.407. The highest BCUT2D eigenvalue weighted by atomic mass is 16.7. The predicted octanol–water partition coefficient (Wildman–Crippen LogP) is 3.81. The van der Waals surface area contributed by atoms with Gasteiger partial charge in [-0.05, 0) is 24.6 Å². The lowest BCUT2D eigenvalue weighted by atomic mass is 9.91. The van der Waals surface area contributed by atoms with Crippen molar-refractivity contribution in [2.24, 2.45) is 5.92 Å². The Morgan fingerprint density at radius 1 is 1.18 bits per heavy atom. The lowest BCUT2D eigenvalue weighted by molar-refractivity contribution is -0.268. The van der Waals surface area contributed by atoms with E-state index in [1.54, 1.807) is 14.0 Å². The van der Waals surface area contributed by atoms with Crippen molar-refractivity contribution in [2.45, 2.75) is 44.6 Å². The zero-order valence-electron chi connectivity index (χ0n) is 19.1. The summed E-state index contributed by atoms with van der Waals surface area (Å²) in [7, 11) is 1.63. The Morgan fingerprint density at radius 3 is 2.55 bits per heavy atom. The van der Waals surface area contributed by atoms with Crippen molar-refractivity contribution in [3.05, 3.63) is 78.4 Å². The summed E-state index contributed by atoms with van der Waals surface area (Å²) in [5, 5.41) is 10.6. The van der Waals surface area contributed by atoms with Crippen LogP contribution in [-0.4, -0.2) is 49.7 Å². The monoisotopic (exact) mass is 456 g/mol. The number of hydrogen-bond donors (Lipinski definition) is 1. The summed E-state index contributed by atoms with van der Waals surface area (Å²) < 4.78 is 28.4. The van der Waals surface area contributed by atoms with Crippen molar-refractivity contribution >= 4 is 5.97 Å². The van der Waals surface area contributed by atoms with Crippen LogP contribution in [0.3, 0.4) is 0 Å². The molecule has 1 N–H and O–H groups in total. The lowest BCUT2D eigenvalue weighted by Crippen LogP contribution is -2.45. The minimum Gasteiger partial charge on any atom is -0.497 e. The van der Waals surface area contributed by atoms with Gasteiger partial charge in [-0.2, -0.15) is 0 Å². The second kappa shape index (κ2) is 12.5. The van der Waals surface area contributed by atoms with E-state index in [1.165, 1.54) is 6.08 Å². The van der Waals surface area contributed by atoms with Crippen LogP contribution < -0.4 is 4.74 Å². The van der Waals surface area contributed by atoms with E-state index in [1.807, 2.05) is 54.6 Å². The molecule has 5 atom stereocenters. The van der Waals surface area contributed by atoms with Gasteiger partial charge in [0.25, 0.3) is 0 Å². The van der Waals surface area contributed by atoms with Gasteiger partial charge in [0.05, 0.1) is 39.1 Å². The largest absolute Gasteiger partial charge is 0.497 e. The molecule has 2 aromatic rings. The summed E-state index contributed by atoms with van der Waals surface area (Å²) in [6.07, 6.45) is -0.868. The van der Waals surface area contributed by atoms with Crippen LogP contribution in [0.5, 0.6) is 5.75 Å². The van der Waals surface area contributed by atoms with Crippen molar-refractivity contribution in [1.82, 2.24) is 0 Å². The maximum Gasteiger partial charge on any atom is 0.335 e. The van der Waals surface area contributed by atoms with Gasteiger partial charge in [0.15, 0.2) is 12.4 Å². The van der Waals surface area contributed by atoms with Crippen LogP contribution >= 0.6 is 0 Å². The van der Waals surface area contributed by atoms with Gasteiger partial charge in [-0.3, -0.25) is 0 Å². The van der Waals surface area contributed by atoms with Gasteiger partial charge >= 0.3 is 5.97 Å². The second-order valence-corrected chi connectivity index (χ2v) is 7.78. The summed E-state index contributed by atoms with van der Waals surface area (Å²) in [5.41, 5.74) is 1.86. The van der Waals surface area contributed by atoms with E-state index in [4.69, 9.17) is 23.7 Å². The van der Waals surface area contributed by atoms with E-state index in [2.05, 4.69) is 6.58 Å². The van der Waals surface area contributed by atoms with Crippen LogP contribution in [0, 0.1) is 5.92 Å². The maximum absolute atomic E-state index is 12.2. The highest BCUT2D eigenvalue weighted by Crippen LogP contribution is 2.34. The van der Waals surface area contributed by atoms with Gasteiger partial charge in [-0.1, -0.05) is 48.5 Å². The summed E-state index contributed by atoms with van der Waals surface area (Å²) >= 11 is 0. The Morgan fingerprint density at radius 2 is 1.91 bits per heavy atom. The van der Waals surface area contributed by atoms with Crippen molar-refractivity contribution in [3.8, 4) is 5.75 Å². The number of ether oxygens (including phenoxy) is 5. The van der Waals surface area contributed by atoms with Crippen molar-refractivity contribution in [1.29, 1.82) is 0 Å². The van der Waals surface area contributed by atoms with Crippen LogP contribution in [0.1, 0.15) is 30.8 Å². The van der Waals surface area contributed by atoms with Crippen molar-refractivity contribution in [3.63, 3.8) is 0 Å². The highest BCUT2D eigenvalue weighted by Gasteiger charge is 2.39. The number of hydrogen-bond acceptors (Lipinski definition) is 7. The normalized spacial score (nSPS) is 22.2. The Bertz CT molecular complexity index is 868. The summed E-state index contributed by atoms with van der Waals surface area (Å²) in [5.74, 6) is -0.556. The van der Waals surface area contributed by atoms with E-state index in [9.17, 15) is 9.90 Å². The molecule has 0 unspecified atom stereocenters. The van der Waals surface area contributed by atoms with Crippen molar-refractivity contribution in [2.75, 3.05) is 20.3 Å². The molecule has 0 spiro atoms. The van der Waals surface area contributed by atoms with Crippen molar-refractivity contribution < 1.29 is 33.6 Å². The van der Waals surface area contributed by atoms with Gasteiger partial charge in [-0.15, -0.1) is 6.58 Å². The molecule has 7 heteroatoms. The molecule has 7 nitrogen and oxygen atoms in total. The Kier molecular flexibility index (Phi) is 9.45. The number of aliphatic hydroxyl groups is 1. The summed E-state index contributed by atoms with van der Waals surface area (Å²) in [4.78, 5) is 12.2. The molecule has 0 aromatic heterocycles. The molecular weight excluding hydrogens is 424 g/mol. The third kappa shape index (κ3) is 6.88. The standard InChI is InChI=1S/C26H32O7/c1-4-22(24(27)25(28)31-5-2)23-15-21(32-26(33-23)19-9-7-6-8-10-19)17-30-16-18-11-13-20(29-3)14-12-18/h4,6-14,21-24,26-27H,1,5,15-17H2,2-3H3/t21-,22+,23+,24+,26+/m0/s1. The fourth-order valence-electron chi connectivity index (χ4n) is 3.76. The number of methoxy groups -OCH3 is 1. The van der Waals surface area contributed by atoms with Crippen LogP contribution in [0.4, 0.5) is 0 Å². The zero-order chi connectivity index (χ0) is 23.6. The SMILES string of the molecule is C=C[C@H]([C@H]1C[C@@H](COCc2ccc(OC)cc2)O[C@@H](c2ccccc2)O1)[C@@H](O)C(=O)OCC. The third-order valence-electron chi connectivity index (χ3n) is 5.51. The number of benzene rings is 2. The molecule has 3 rings (SSSR count).